The van der Waals surface area contributed by atoms with E-state index in [9.17, 15) is 0 Å². The van der Waals surface area contributed by atoms with Crippen LogP contribution in [-0.4, -0.2) is 61.2 Å². The molecule has 0 bridgehead atoms. The lowest BCUT2D eigenvalue weighted by Crippen LogP contribution is -2.58. The standard InChI is InChI=1S/C16H35N3/c1-6-8-9-15(7-2)17-14-16(3,4)19-12-10-18(5)11-13-19/h15,17H,6-14H2,1-5H3. The van der Waals surface area contributed by atoms with Crippen molar-refractivity contribution in [2.75, 3.05) is 39.8 Å². The Bertz CT molecular complexity index is 232. The normalized spacial score (nSPS) is 20.7. The molecule has 0 radical (unpaired) electrons. The number of piperazine rings is 1. The summed E-state index contributed by atoms with van der Waals surface area (Å²) < 4.78 is 0. The quantitative estimate of drug-likeness (QED) is 0.730. The first kappa shape index (κ1) is 16.9. The summed E-state index contributed by atoms with van der Waals surface area (Å²) in [4.78, 5) is 5.07. The van der Waals surface area contributed by atoms with E-state index in [1.165, 1.54) is 51.9 Å². The lowest BCUT2D eigenvalue weighted by molar-refractivity contribution is 0.0598. The average Bonchev–Trinajstić information content (AvgIpc) is 2.39. The van der Waals surface area contributed by atoms with Crippen molar-refractivity contribution in [3.63, 3.8) is 0 Å². The van der Waals surface area contributed by atoms with Crippen molar-refractivity contribution in [3.05, 3.63) is 0 Å². The molecule has 1 heterocycles. The Morgan fingerprint density at radius 2 is 1.74 bits per heavy atom. The molecule has 0 aromatic rings. The predicted molar refractivity (Wildman–Crippen MR) is 84.8 cm³/mol. The largest absolute Gasteiger partial charge is 0.312 e. The molecule has 0 aliphatic carbocycles. The van der Waals surface area contributed by atoms with Crippen LogP contribution < -0.4 is 5.32 Å². The number of nitrogens with zero attached hydrogens (tertiary/aromatic N) is 2. The molecule has 3 heteroatoms. The Kier molecular flexibility index (Phi) is 7.33. The van der Waals surface area contributed by atoms with Crippen molar-refractivity contribution in [2.24, 2.45) is 0 Å². The minimum absolute atomic E-state index is 0.279. The zero-order chi connectivity index (χ0) is 14.3. The molecule has 0 aromatic carbocycles. The Balaban J connectivity index is 2.36. The third-order valence-corrected chi connectivity index (χ3v) is 4.58. The second-order valence-corrected chi connectivity index (χ2v) is 6.73. The van der Waals surface area contributed by atoms with Gasteiger partial charge in [-0.1, -0.05) is 26.7 Å². The molecule has 1 fully saturated rings. The Morgan fingerprint density at radius 3 is 2.26 bits per heavy atom. The van der Waals surface area contributed by atoms with E-state index in [1.54, 1.807) is 0 Å². The van der Waals surface area contributed by atoms with Gasteiger partial charge in [-0.15, -0.1) is 0 Å². The van der Waals surface area contributed by atoms with E-state index in [4.69, 9.17) is 0 Å². The fourth-order valence-electron chi connectivity index (χ4n) is 2.82. The van der Waals surface area contributed by atoms with E-state index in [-0.39, 0.29) is 5.54 Å². The monoisotopic (exact) mass is 269 g/mol. The maximum atomic E-state index is 3.80. The van der Waals surface area contributed by atoms with Crippen LogP contribution in [0.15, 0.2) is 0 Å². The van der Waals surface area contributed by atoms with E-state index in [0.717, 1.165) is 6.54 Å². The van der Waals surface area contributed by atoms with Gasteiger partial charge in [0, 0.05) is 44.3 Å². The highest BCUT2D eigenvalue weighted by Gasteiger charge is 2.29. The van der Waals surface area contributed by atoms with Crippen molar-refractivity contribution in [2.45, 2.75) is 65.0 Å². The van der Waals surface area contributed by atoms with Crippen LogP contribution in [0.5, 0.6) is 0 Å². The minimum atomic E-state index is 0.279. The van der Waals surface area contributed by atoms with E-state index < -0.39 is 0 Å². The van der Waals surface area contributed by atoms with Crippen LogP contribution in [0.2, 0.25) is 0 Å². The summed E-state index contributed by atoms with van der Waals surface area (Å²) in [5.41, 5.74) is 0.279. The summed E-state index contributed by atoms with van der Waals surface area (Å²) in [6.45, 7) is 15.3. The van der Waals surface area contributed by atoms with Gasteiger partial charge in [0.2, 0.25) is 0 Å². The SMILES string of the molecule is CCCCC(CC)NCC(C)(C)N1CCN(C)CC1. The highest BCUT2D eigenvalue weighted by atomic mass is 15.3. The lowest BCUT2D eigenvalue weighted by atomic mass is 9.99. The highest BCUT2D eigenvalue weighted by molar-refractivity contribution is 4.88. The molecule has 1 saturated heterocycles. The summed E-state index contributed by atoms with van der Waals surface area (Å²) >= 11 is 0. The number of likely N-dealkylation sites (N-methyl/N-ethyl adjacent to an activating group) is 1. The molecule has 0 aromatic heterocycles. The molecule has 0 amide bonds. The molecule has 19 heavy (non-hydrogen) atoms. The van der Waals surface area contributed by atoms with Gasteiger partial charge in [-0.3, -0.25) is 4.90 Å². The summed E-state index contributed by atoms with van der Waals surface area (Å²) in [6.07, 6.45) is 5.23. The number of hydrogen-bond donors (Lipinski definition) is 1. The summed E-state index contributed by atoms with van der Waals surface area (Å²) in [7, 11) is 2.22. The number of unbranched alkanes of at least 4 members (excludes halogenated alkanes) is 1. The van der Waals surface area contributed by atoms with Crippen LogP contribution in [-0.2, 0) is 0 Å². The van der Waals surface area contributed by atoms with Gasteiger partial charge < -0.3 is 10.2 Å². The molecule has 1 aliphatic rings. The molecule has 1 unspecified atom stereocenters. The molecular weight excluding hydrogens is 234 g/mol. The lowest BCUT2D eigenvalue weighted by Gasteiger charge is -2.44. The van der Waals surface area contributed by atoms with Gasteiger partial charge >= 0.3 is 0 Å². The van der Waals surface area contributed by atoms with Gasteiger partial charge in [-0.25, -0.2) is 0 Å². The highest BCUT2D eigenvalue weighted by Crippen LogP contribution is 2.16. The molecule has 1 rings (SSSR count). The second kappa shape index (κ2) is 8.23. The first-order chi connectivity index (χ1) is 8.99. The first-order valence-corrected chi connectivity index (χ1v) is 8.16. The van der Waals surface area contributed by atoms with E-state index in [0.29, 0.717) is 6.04 Å². The van der Waals surface area contributed by atoms with Crippen LogP contribution in [0.4, 0.5) is 0 Å². The van der Waals surface area contributed by atoms with Crippen molar-refractivity contribution in [3.8, 4) is 0 Å². The zero-order valence-corrected chi connectivity index (χ0v) is 13.8. The molecule has 1 atom stereocenters. The maximum absolute atomic E-state index is 3.80. The van der Waals surface area contributed by atoms with Gasteiger partial charge in [0.15, 0.2) is 0 Å². The molecule has 114 valence electrons. The van der Waals surface area contributed by atoms with Crippen molar-refractivity contribution in [1.29, 1.82) is 0 Å². The van der Waals surface area contributed by atoms with E-state index >= 15 is 0 Å². The number of rotatable bonds is 8. The van der Waals surface area contributed by atoms with Crippen LogP contribution in [0.1, 0.15) is 53.4 Å². The van der Waals surface area contributed by atoms with Gasteiger partial charge in [0.25, 0.3) is 0 Å². The van der Waals surface area contributed by atoms with Crippen molar-refractivity contribution < 1.29 is 0 Å². The predicted octanol–water partition coefficient (Wildman–Crippen LogP) is 2.57. The minimum Gasteiger partial charge on any atom is -0.312 e. The maximum Gasteiger partial charge on any atom is 0.0278 e. The molecular formula is C16H35N3. The van der Waals surface area contributed by atoms with Gasteiger partial charge in [0.1, 0.15) is 0 Å². The van der Waals surface area contributed by atoms with Gasteiger partial charge in [-0.05, 0) is 33.7 Å². The smallest absolute Gasteiger partial charge is 0.0278 e. The van der Waals surface area contributed by atoms with Gasteiger partial charge in [0.05, 0.1) is 0 Å². The van der Waals surface area contributed by atoms with Crippen LogP contribution >= 0.6 is 0 Å². The third kappa shape index (κ3) is 5.80. The van der Waals surface area contributed by atoms with Crippen molar-refractivity contribution >= 4 is 0 Å². The van der Waals surface area contributed by atoms with E-state index in [1.807, 2.05) is 0 Å². The number of hydrogen-bond acceptors (Lipinski definition) is 3. The van der Waals surface area contributed by atoms with Gasteiger partial charge in [-0.2, -0.15) is 0 Å². The van der Waals surface area contributed by atoms with Crippen LogP contribution in [0.25, 0.3) is 0 Å². The molecule has 1 N–H and O–H groups in total. The topological polar surface area (TPSA) is 18.5 Å². The zero-order valence-electron chi connectivity index (χ0n) is 13.8. The van der Waals surface area contributed by atoms with Crippen LogP contribution in [0, 0.1) is 0 Å². The Labute approximate surface area is 120 Å². The molecule has 0 saturated carbocycles. The number of nitrogens with one attached hydrogen (secondary N) is 1. The van der Waals surface area contributed by atoms with Crippen LogP contribution in [0.3, 0.4) is 0 Å². The summed E-state index contributed by atoms with van der Waals surface area (Å²) in [6, 6.07) is 0.701. The molecule has 3 nitrogen and oxygen atoms in total. The third-order valence-electron chi connectivity index (χ3n) is 4.58. The summed E-state index contributed by atoms with van der Waals surface area (Å²) in [5.74, 6) is 0. The van der Waals surface area contributed by atoms with E-state index in [2.05, 4.69) is 49.9 Å². The Hall–Kier alpha value is -0.120. The average molecular weight is 269 g/mol. The first-order valence-electron chi connectivity index (χ1n) is 8.16. The second-order valence-electron chi connectivity index (χ2n) is 6.73. The fourth-order valence-corrected chi connectivity index (χ4v) is 2.82. The summed E-state index contributed by atoms with van der Waals surface area (Å²) in [5, 5.41) is 3.80. The molecule has 0 spiro atoms. The van der Waals surface area contributed by atoms with Crippen molar-refractivity contribution in [1.82, 2.24) is 15.1 Å². The Morgan fingerprint density at radius 1 is 1.11 bits per heavy atom. The fraction of sp³-hybridized carbons (Fsp3) is 1.00. The molecule has 1 aliphatic heterocycles.